The van der Waals surface area contributed by atoms with Gasteiger partial charge in [-0.3, -0.25) is 9.78 Å². The van der Waals surface area contributed by atoms with Crippen LogP contribution in [0.15, 0.2) is 54.0 Å². The molecule has 30 heavy (non-hydrogen) atoms. The Morgan fingerprint density at radius 2 is 1.90 bits per heavy atom. The molecular weight excluding hydrogens is 421 g/mol. The first-order chi connectivity index (χ1) is 14.3. The molecule has 0 amide bonds. The third-order valence-electron chi connectivity index (χ3n) is 5.53. The Hall–Kier alpha value is -2.70. The first kappa shape index (κ1) is 19.3. The van der Waals surface area contributed by atoms with Gasteiger partial charge in [0, 0.05) is 51.3 Å². The predicted octanol–water partition coefficient (Wildman–Crippen LogP) is 5.31. The van der Waals surface area contributed by atoms with Gasteiger partial charge in [-0.15, -0.1) is 5.10 Å². The normalized spacial score (nSPS) is 19.9. The lowest BCUT2D eigenvalue weighted by atomic mass is 9.73. The number of Topliss-reactive ketones (excluding diaryl/α,β-unsaturated/α-hetero) is 1. The maximum Gasteiger partial charge on any atom is 0.226 e. The standard InChI is InChI=1S/C22H19Cl2N5O/c1-22(2)10-16-18(17(30)11-22)19(14-4-3-13(23)9-15(14)24)29-21(26-16)27-20(28-29)12-5-7-25-8-6-12/h3-9,19H,10-11H2,1-2H3,(H,26,27,28). The van der Waals surface area contributed by atoms with Crippen LogP contribution in [0.5, 0.6) is 0 Å². The molecule has 6 nitrogen and oxygen atoms in total. The van der Waals surface area contributed by atoms with Crippen molar-refractivity contribution in [2.75, 3.05) is 5.32 Å². The van der Waals surface area contributed by atoms with E-state index < -0.39 is 6.04 Å². The van der Waals surface area contributed by atoms with Crippen LogP contribution in [-0.2, 0) is 4.79 Å². The fourth-order valence-electron chi connectivity index (χ4n) is 4.24. The average Bonchev–Trinajstić information content (AvgIpc) is 3.10. The Morgan fingerprint density at radius 3 is 2.63 bits per heavy atom. The number of anilines is 1. The number of aromatic nitrogens is 4. The SMILES string of the molecule is CC1(C)CC(=O)C2=C(C1)Nc1nc(-c3ccncc3)nn1C2c1ccc(Cl)cc1Cl. The number of carbonyl (C=O) groups is 1. The summed E-state index contributed by atoms with van der Waals surface area (Å²) in [5.41, 5.74) is 3.06. The van der Waals surface area contributed by atoms with Crippen molar-refractivity contribution in [3.05, 3.63) is 69.6 Å². The fourth-order valence-corrected chi connectivity index (χ4v) is 4.75. The zero-order chi connectivity index (χ0) is 21.0. The summed E-state index contributed by atoms with van der Waals surface area (Å²) in [5, 5.41) is 9.14. The molecule has 5 rings (SSSR count). The second kappa shape index (κ2) is 6.93. The van der Waals surface area contributed by atoms with Crippen LogP contribution in [0.2, 0.25) is 10.0 Å². The van der Waals surface area contributed by atoms with Crippen molar-refractivity contribution in [3.8, 4) is 11.4 Å². The number of rotatable bonds is 2. The van der Waals surface area contributed by atoms with E-state index in [2.05, 4.69) is 24.1 Å². The van der Waals surface area contributed by atoms with E-state index in [1.54, 1.807) is 29.2 Å². The molecule has 1 atom stereocenters. The second-order valence-corrected chi connectivity index (χ2v) is 9.31. The van der Waals surface area contributed by atoms with E-state index in [4.69, 9.17) is 33.3 Å². The van der Waals surface area contributed by atoms with E-state index in [0.29, 0.717) is 33.8 Å². The van der Waals surface area contributed by atoms with E-state index in [1.807, 2.05) is 18.2 Å². The molecule has 3 aromatic rings. The Balaban J connectivity index is 1.72. The van der Waals surface area contributed by atoms with Gasteiger partial charge in [0.15, 0.2) is 11.6 Å². The molecule has 1 aromatic carbocycles. The number of nitrogens with one attached hydrogen (secondary N) is 1. The summed E-state index contributed by atoms with van der Waals surface area (Å²) in [4.78, 5) is 22.0. The summed E-state index contributed by atoms with van der Waals surface area (Å²) in [6, 6.07) is 8.57. The summed E-state index contributed by atoms with van der Waals surface area (Å²) in [7, 11) is 0. The molecule has 0 saturated heterocycles. The highest BCUT2D eigenvalue weighted by atomic mass is 35.5. The van der Waals surface area contributed by atoms with Crippen LogP contribution in [0.1, 0.15) is 38.3 Å². The molecule has 152 valence electrons. The van der Waals surface area contributed by atoms with Crippen LogP contribution in [0.4, 0.5) is 5.95 Å². The topological polar surface area (TPSA) is 72.7 Å². The monoisotopic (exact) mass is 439 g/mol. The van der Waals surface area contributed by atoms with Crippen LogP contribution < -0.4 is 5.32 Å². The van der Waals surface area contributed by atoms with Gasteiger partial charge in [0.25, 0.3) is 0 Å². The predicted molar refractivity (Wildman–Crippen MR) is 117 cm³/mol. The smallest absolute Gasteiger partial charge is 0.226 e. The van der Waals surface area contributed by atoms with Gasteiger partial charge >= 0.3 is 0 Å². The molecule has 8 heteroatoms. The molecule has 1 aliphatic heterocycles. The van der Waals surface area contributed by atoms with Gasteiger partial charge in [-0.25, -0.2) is 4.68 Å². The summed E-state index contributed by atoms with van der Waals surface area (Å²) in [6.45, 7) is 4.20. The molecule has 0 spiro atoms. The molecular formula is C22H19Cl2N5O. The van der Waals surface area contributed by atoms with Crippen LogP contribution in [0, 0.1) is 5.41 Å². The number of benzene rings is 1. The van der Waals surface area contributed by atoms with E-state index in [-0.39, 0.29) is 11.2 Å². The van der Waals surface area contributed by atoms with Crippen molar-refractivity contribution in [2.45, 2.75) is 32.7 Å². The maximum absolute atomic E-state index is 13.3. The number of hydrogen-bond acceptors (Lipinski definition) is 5. The maximum atomic E-state index is 13.3. The van der Waals surface area contributed by atoms with Crippen LogP contribution >= 0.6 is 23.2 Å². The summed E-state index contributed by atoms with van der Waals surface area (Å²) < 4.78 is 1.75. The van der Waals surface area contributed by atoms with Gasteiger partial charge in [-0.1, -0.05) is 43.1 Å². The van der Waals surface area contributed by atoms with Crippen LogP contribution in [-0.4, -0.2) is 25.5 Å². The average molecular weight is 440 g/mol. The van der Waals surface area contributed by atoms with E-state index in [0.717, 1.165) is 23.2 Å². The number of hydrogen-bond donors (Lipinski definition) is 1. The van der Waals surface area contributed by atoms with Crippen molar-refractivity contribution < 1.29 is 4.79 Å². The summed E-state index contributed by atoms with van der Waals surface area (Å²) in [5.74, 6) is 1.24. The fraction of sp³-hybridized carbons (Fsp3) is 0.273. The highest BCUT2D eigenvalue weighted by Gasteiger charge is 2.42. The molecule has 1 N–H and O–H groups in total. The third-order valence-corrected chi connectivity index (χ3v) is 6.09. The quantitative estimate of drug-likeness (QED) is 0.585. The minimum atomic E-state index is -0.465. The zero-order valence-electron chi connectivity index (χ0n) is 16.5. The van der Waals surface area contributed by atoms with Crippen molar-refractivity contribution in [1.29, 1.82) is 0 Å². The van der Waals surface area contributed by atoms with E-state index >= 15 is 0 Å². The summed E-state index contributed by atoms with van der Waals surface area (Å²) in [6.07, 6.45) is 4.61. The van der Waals surface area contributed by atoms with Crippen molar-refractivity contribution >= 4 is 34.9 Å². The highest BCUT2D eigenvalue weighted by molar-refractivity contribution is 6.35. The highest BCUT2D eigenvalue weighted by Crippen LogP contribution is 2.47. The Labute approximate surface area is 183 Å². The molecule has 1 aliphatic carbocycles. The van der Waals surface area contributed by atoms with Gasteiger partial charge in [-0.2, -0.15) is 4.98 Å². The number of fused-ring (bicyclic) bond motifs is 1. The number of allylic oxidation sites excluding steroid dienone is 2. The van der Waals surface area contributed by atoms with Crippen LogP contribution in [0.25, 0.3) is 11.4 Å². The van der Waals surface area contributed by atoms with Gasteiger partial charge in [0.2, 0.25) is 5.95 Å². The lowest BCUT2D eigenvalue weighted by Gasteiger charge is -2.38. The zero-order valence-corrected chi connectivity index (χ0v) is 18.0. The van der Waals surface area contributed by atoms with Crippen molar-refractivity contribution in [2.24, 2.45) is 5.41 Å². The molecule has 0 radical (unpaired) electrons. The first-order valence-electron chi connectivity index (χ1n) is 9.67. The Kier molecular flexibility index (Phi) is 4.45. The van der Waals surface area contributed by atoms with Gasteiger partial charge in [-0.05, 0) is 36.1 Å². The van der Waals surface area contributed by atoms with Gasteiger partial charge in [0.1, 0.15) is 6.04 Å². The molecule has 0 saturated carbocycles. The third kappa shape index (κ3) is 3.20. The number of ketones is 1. The second-order valence-electron chi connectivity index (χ2n) is 8.47. The number of pyridine rings is 1. The molecule has 0 bridgehead atoms. The molecule has 3 heterocycles. The van der Waals surface area contributed by atoms with Gasteiger partial charge < -0.3 is 5.32 Å². The Morgan fingerprint density at radius 1 is 1.13 bits per heavy atom. The van der Waals surface area contributed by atoms with E-state index in [9.17, 15) is 4.79 Å². The molecule has 1 unspecified atom stereocenters. The number of halogens is 2. The van der Waals surface area contributed by atoms with Crippen molar-refractivity contribution in [3.63, 3.8) is 0 Å². The number of carbonyl (C=O) groups excluding carboxylic acids is 1. The Bertz CT molecular complexity index is 1200. The first-order valence-corrected chi connectivity index (χ1v) is 10.4. The minimum Gasteiger partial charge on any atom is -0.328 e. The lowest BCUT2D eigenvalue weighted by molar-refractivity contribution is -0.118. The minimum absolute atomic E-state index is 0.0939. The lowest BCUT2D eigenvalue weighted by Crippen LogP contribution is -2.36. The molecule has 2 aliphatic rings. The van der Waals surface area contributed by atoms with Crippen LogP contribution in [0.3, 0.4) is 0 Å². The largest absolute Gasteiger partial charge is 0.328 e. The van der Waals surface area contributed by atoms with Gasteiger partial charge in [0.05, 0.1) is 0 Å². The van der Waals surface area contributed by atoms with E-state index in [1.165, 1.54) is 0 Å². The molecule has 0 fully saturated rings. The van der Waals surface area contributed by atoms with Crippen molar-refractivity contribution in [1.82, 2.24) is 19.7 Å². The number of nitrogens with zero attached hydrogens (tertiary/aromatic N) is 4. The molecule has 2 aromatic heterocycles. The summed E-state index contributed by atoms with van der Waals surface area (Å²) >= 11 is 12.7.